The number of carbonyl (C=O) groups is 1. The van der Waals surface area contributed by atoms with Crippen LogP contribution in [0.3, 0.4) is 0 Å². The normalized spacial score (nSPS) is 20.9. The SMILES string of the molecule is O=C1OC(CNC(=S)C(F)F)CN1c1cc(F)c(N2C=CS(=O)(=O)CC2)c(F)c1. The topological polar surface area (TPSA) is 79.0 Å². The number of hydrogen-bond donors (Lipinski definition) is 1. The molecule has 0 bridgehead atoms. The Balaban J connectivity index is 1.75. The predicted octanol–water partition coefficient (Wildman–Crippen LogP) is 2.18. The van der Waals surface area contributed by atoms with Crippen LogP contribution in [0.15, 0.2) is 23.7 Å². The van der Waals surface area contributed by atoms with Crippen molar-refractivity contribution in [3.05, 3.63) is 35.4 Å². The van der Waals surface area contributed by atoms with Crippen LogP contribution in [0.4, 0.5) is 33.7 Å². The molecule has 1 fully saturated rings. The van der Waals surface area contributed by atoms with Gasteiger partial charge in [-0.25, -0.2) is 30.8 Å². The molecule has 1 saturated heterocycles. The van der Waals surface area contributed by atoms with Crippen molar-refractivity contribution >= 4 is 44.5 Å². The quantitative estimate of drug-likeness (QED) is 0.541. The third-order valence-corrected chi connectivity index (χ3v) is 5.85. The Bertz CT molecular complexity index is 948. The highest BCUT2D eigenvalue weighted by molar-refractivity contribution is 7.94. The largest absolute Gasteiger partial charge is 0.442 e. The molecular formula is C16H15F4N3O4S2. The Morgan fingerprint density at radius 2 is 1.97 bits per heavy atom. The van der Waals surface area contributed by atoms with Crippen molar-refractivity contribution in [3.63, 3.8) is 0 Å². The number of nitrogens with one attached hydrogen (secondary N) is 1. The molecule has 158 valence electrons. The molecule has 0 aromatic heterocycles. The molecule has 1 N–H and O–H groups in total. The second-order valence-corrected chi connectivity index (χ2v) is 8.71. The standard InChI is InChI=1S/C16H15F4N3O4S2/c17-11-5-9(6-12(18)13(11)22-1-3-29(25,26)4-2-22)23-8-10(27-16(23)24)7-21-15(28)14(19)20/h1,3,5-6,10,14H,2,4,7-8H2,(H,21,28). The Morgan fingerprint density at radius 3 is 2.52 bits per heavy atom. The third kappa shape index (κ3) is 4.78. The number of nitrogens with zero attached hydrogens (tertiary/aromatic N) is 2. The second kappa shape index (κ2) is 8.14. The molecule has 29 heavy (non-hydrogen) atoms. The van der Waals surface area contributed by atoms with E-state index in [0.717, 1.165) is 33.5 Å². The van der Waals surface area contributed by atoms with Crippen LogP contribution in [0, 0.1) is 11.6 Å². The van der Waals surface area contributed by atoms with Crippen LogP contribution >= 0.6 is 12.2 Å². The van der Waals surface area contributed by atoms with Gasteiger partial charge in [0.05, 0.1) is 24.5 Å². The number of carbonyl (C=O) groups excluding carboxylic acids is 1. The summed E-state index contributed by atoms with van der Waals surface area (Å²) in [6.45, 7) is -0.436. The van der Waals surface area contributed by atoms with Crippen LogP contribution in [-0.4, -0.2) is 57.4 Å². The van der Waals surface area contributed by atoms with E-state index < -0.39 is 50.8 Å². The number of hydrogen-bond acceptors (Lipinski definition) is 6. The van der Waals surface area contributed by atoms with Crippen molar-refractivity contribution in [2.75, 3.05) is 35.2 Å². The molecule has 2 aliphatic rings. The maximum absolute atomic E-state index is 14.6. The van der Waals surface area contributed by atoms with Gasteiger partial charge in [-0.15, -0.1) is 0 Å². The van der Waals surface area contributed by atoms with Crippen LogP contribution < -0.4 is 15.1 Å². The molecule has 1 aromatic carbocycles. The van der Waals surface area contributed by atoms with Crippen LogP contribution in [-0.2, 0) is 14.6 Å². The highest BCUT2D eigenvalue weighted by Gasteiger charge is 2.34. The highest BCUT2D eigenvalue weighted by Crippen LogP contribution is 2.32. The average Bonchev–Trinajstić information content (AvgIpc) is 3.01. The zero-order valence-electron chi connectivity index (χ0n) is 14.6. The molecule has 0 radical (unpaired) electrons. The van der Waals surface area contributed by atoms with E-state index in [0.29, 0.717) is 0 Å². The van der Waals surface area contributed by atoms with Gasteiger partial charge in [0.2, 0.25) is 0 Å². The minimum Gasteiger partial charge on any atom is -0.442 e. The minimum atomic E-state index is -3.40. The van der Waals surface area contributed by atoms with Crippen molar-refractivity contribution in [3.8, 4) is 0 Å². The number of amides is 1. The maximum Gasteiger partial charge on any atom is 0.414 e. The summed E-state index contributed by atoms with van der Waals surface area (Å²) in [6.07, 6.45) is -3.53. The molecule has 2 heterocycles. The van der Waals surface area contributed by atoms with Gasteiger partial charge in [-0.1, -0.05) is 12.2 Å². The average molecular weight is 453 g/mol. The fourth-order valence-corrected chi connectivity index (χ4v) is 3.84. The lowest BCUT2D eigenvalue weighted by molar-refractivity contribution is 0.142. The molecule has 13 heteroatoms. The number of ether oxygens (including phenoxy) is 1. The van der Waals surface area contributed by atoms with Gasteiger partial charge in [0.15, 0.2) is 21.5 Å². The van der Waals surface area contributed by atoms with Gasteiger partial charge >= 0.3 is 6.09 Å². The van der Waals surface area contributed by atoms with E-state index in [-0.39, 0.29) is 31.1 Å². The first kappa shape index (κ1) is 21.3. The van der Waals surface area contributed by atoms with Gasteiger partial charge in [-0.05, 0) is 0 Å². The lowest BCUT2D eigenvalue weighted by Crippen LogP contribution is -2.36. The molecule has 1 unspecified atom stereocenters. The van der Waals surface area contributed by atoms with E-state index in [4.69, 9.17) is 4.74 Å². The molecular weight excluding hydrogens is 438 g/mol. The Kier molecular flexibility index (Phi) is 5.98. The Hall–Kier alpha value is -2.41. The number of rotatable bonds is 5. The first-order chi connectivity index (χ1) is 13.6. The molecule has 7 nitrogen and oxygen atoms in total. The lowest BCUT2D eigenvalue weighted by Gasteiger charge is -2.25. The first-order valence-corrected chi connectivity index (χ1v) is 10.4. The van der Waals surface area contributed by atoms with E-state index in [1.165, 1.54) is 0 Å². The number of halogens is 4. The van der Waals surface area contributed by atoms with Gasteiger partial charge in [0.25, 0.3) is 6.43 Å². The summed E-state index contributed by atoms with van der Waals surface area (Å²) in [5.74, 6) is -2.30. The van der Waals surface area contributed by atoms with E-state index in [1.54, 1.807) is 0 Å². The van der Waals surface area contributed by atoms with Crippen LogP contribution in [0.5, 0.6) is 0 Å². The fourth-order valence-electron chi connectivity index (χ4n) is 2.83. The fraction of sp³-hybridized carbons (Fsp3) is 0.375. The number of benzene rings is 1. The van der Waals surface area contributed by atoms with Crippen LogP contribution in [0.2, 0.25) is 0 Å². The smallest absolute Gasteiger partial charge is 0.414 e. The molecule has 0 saturated carbocycles. The molecule has 0 aliphatic carbocycles. The van der Waals surface area contributed by atoms with E-state index in [2.05, 4.69) is 17.5 Å². The summed E-state index contributed by atoms with van der Waals surface area (Å²) in [5, 5.41) is 3.13. The lowest BCUT2D eigenvalue weighted by atomic mass is 10.2. The number of alkyl halides is 2. The number of anilines is 2. The maximum atomic E-state index is 14.6. The summed E-state index contributed by atoms with van der Waals surface area (Å²) in [6, 6.07) is 1.83. The van der Waals surface area contributed by atoms with E-state index in [9.17, 15) is 30.8 Å². The summed E-state index contributed by atoms with van der Waals surface area (Å²) in [5.41, 5.74) is -0.575. The van der Waals surface area contributed by atoms with Gasteiger partial charge in [-0.3, -0.25) is 4.90 Å². The van der Waals surface area contributed by atoms with Crippen LogP contribution in [0.1, 0.15) is 0 Å². The zero-order chi connectivity index (χ0) is 21.3. The van der Waals surface area contributed by atoms with Gasteiger partial charge in [0, 0.05) is 30.3 Å². The van der Waals surface area contributed by atoms with Crippen LogP contribution in [0.25, 0.3) is 0 Å². The highest BCUT2D eigenvalue weighted by atomic mass is 32.2. The molecule has 1 aromatic rings. The monoisotopic (exact) mass is 453 g/mol. The minimum absolute atomic E-state index is 0.124. The predicted molar refractivity (Wildman–Crippen MR) is 101 cm³/mol. The first-order valence-electron chi connectivity index (χ1n) is 8.28. The second-order valence-electron chi connectivity index (χ2n) is 6.27. The zero-order valence-corrected chi connectivity index (χ0v) is 16.3. The third-order valence-electron chi connectivity index (χ3n) is 4.24. The van der Waals surface area contributed by atoms with Crippen molar-refractivity contribution < 1.29 is 35.5 Å². The molecule has 2 aliphatic heterocycles. The number of sulfone groups is 1. The van der Waals surface area contributed by atoms with Crippen molar-refractivity contribution in [2.45, 2.75) is 12.5 Å². The van der Waals surface area contributed by atoms with Gasteiger partial charge in [-0.2, -0.15) is 0 Å². The number of thiocarbonyl (C=S) groups is 1. The summed E-state index contributed by atoms with van der Waals surface area (Å²) in [7, 11) is -3.40. The summed E-state index contributed by atoms with van der Waals surface area (Å²) >= 11 is 4.43. The summed E-state index contributed by atoms with van der Waals surface area (Å²) < 4.78 is 81.7. The van der Waals surface area contributed by atoms with Gasteiger partial charge in [0.1, 0.15) is 16.8 Å². The molecule has 1 atom stereocenters. The van der Waals surface area contributed by atoms with Crippen molar-refractivity contribution in [2.24, 2.45) is 0 Å². The van der Waals surface area contributed by atoms with E-state index >= 15 is 0 Å². The Morgan fingerprint density at radius 1 is 1.31 bits per heavy atom. The van der Waals surface area contributed by atoms with Gasteiger partial charge < -0.3 is 15.0 Å². The van der Waals surface area contributed by atoms with Crippen molar-refractivity contribution in [1.82, 2.24) is 5.32 Å². The number of cyclic esters (lactones) is 1. The Labute approximate surface area is 168 Å². The summed E-state index contributed by atoms with van der Waals surface area (Å²) in [4.78, 5) is 13.4. The molecule has 3 rings (SSSR count). The molecule has 0 spiro atoms. The van der Waals surface area contributed by atoms with E-state index in [1.807, 2.05) is 0 Å². The molecule has 1 amide bonds. The van der Waals surface area contributed by atoms with Crippen molar-refractivity contribution in [1.29, 1.82) is 0 Å².